The number of carboxylic acid groups (broad SMARTS) is 1. The van der Waals surface area contributed by atoms with Crippen molar-refractivity contribution >= 4 is 19.0 Å². The summed E-state index contributed by atoms with van der Waals surface area (Å²) in [5.41, 5.74) is 0.591. The number of nitrogens with one attached hydrogen (secondary N) is 3. The van der Waals surface area contributed by atoms with Gasteiger partial charge in [-0.3, -0.25) is 4.79 Å². The number of benzene rings is 1. The number of hydrogen-bond donors (Lipinski definition) is 6. The topological polar surface area (TPSA) is 140 Å². The molecule has 31 heavy (non-hydrogen) atoms. The summed E-state index contributed by atoms with van der Waals surface area (Å²) in [6, 6.07) is 5.19. The van der Waals surface area contributed by atoms with E-state index >= 15 is 0 Å². The molecule has 1 fully saturated rings. The first-order valence-corrected chi connectivity index (χ1v) is 10.9. The first kappa shape index (κ1) is 23.5. The smallest absolute Gasteiger partial charge is 0.534 e. The summed E-state index contributed by atoms with van der Waals surface area (Å²) in [6.45, 7) is 1.83. The van der Waals surface area contributed by atoms with Gasteiger partial charge in [-0.2, -0.15) is 0 Å². The monoisotopic (exact) mass is 433 g/mol. The van der Waals surface area contributed by atoms with Crippen LogP contribution in [0.25, 0.3) is 0 Å². The maximum Gasteiger partial charge on any atom is 0.547 e. The van der Waals surface area contributed by atoms with Gasteiger partial charge in [0, 0.05) is 19.1 Å². The normalized spacial score (nSPS) is 24.1. The van der Waals surface area contributed by atoms with Crippen molar-refractivity contribution in [1.82, 2.24) is 16.0 Å². The molecule has 1 aromatic rings. The Kier molecular flexibility index (Phi) is 8.31. The van der Waals surface area contributed by atoms with E-state index in [9.17, 15) is 24.8 Å². The van der Waals surface area contributed by atoms with E-state index in [-0.39, 0.29) is 36.0 Å². The van der Waals surface area contributed by atoms with Crippen LogP contribution in [0.4, 0.5) is 0 Å². The van der Waals surface area contributed by atoms with Gasteiger partial charge in [0.2, 0.25) is 5.91 Å². The summed E-state index contributed by atoms with van der Waals surface area (Å²) >= 11 is 0. The Morgan fingerprint density at radius 1 is 1.23 bits per heavy atom. The first-order chi connectivity index (χ1) is 14.9. The molecule has 0 saturated heterocycles. The van der Waals surface area contributed by atoms with Crippen LogP contribution in [0.3, 0.4) is 0 Å². The summed E-state index contributed by atoms with van der Waals surface area (Å²) in [7, 11) is 0.568. The number of hydrogen-bond acceptors (Lipinski definition) is 7. The maximum atomic E-state index is 12.5. The highest BCUT2D eigenvalue weighted by Gasteiger charge is 2.38. The number of aliphatic hydroxyl groups is 1. The SMILES string of the molecule is CNCCNC1CCC(C(O)CC(=O)NC2Cc3cccc(C(=O)O)c3OB2O)CC1. The third kappa shape index (κ3) is 6.19. The molecule has 0 radical (unpaired) electrons. The molecule has 1 amide bonds. The fourth-order valence-electron chi connectivity index (χ4n) is 4.45. The molecule has 0 aromatic heterocycles. The van der Waals surface area contributed by atoms with Crippen LogP contribution in [-0.4, -0.2) is 72.5 Å². The lowest BCUT2D eigenvalue weighted by Gasteiger charge is -2.32. The van der Waals surface area contributed by atoms with Crippen molar-refractivity contribution in [2.45, 2.75) is 56.6 Å². The minimum atomic E-state index is -1.35. The van der Waals surface area contributed by atoms with Crippen molar-refractivity contribution < 1.29 is 29.5 Å². The summed E-state index contributed by atoms with van der Waals surface area (Å²) < 4.78 is 5.40. The van der Waals surface area contributed by atoms with Crippen LogP contribution in [-0.2, 0) is 11.2 Å². The molecule has 0 spiro atoms. The molecule has 0 bridgehead atoms. The molecule has 1 aliphatic carbocycles. The van der Waals surface area contributed by atoms with E-state index in [0.29, 0.717) is 11.6 Å². The summed E-state index contributed by atoms with van der Waals surface area (Å²) in [5, 5.41) is 39.4. The molecule has 2 unspecified atom stereocenters. The highest BCUT2D eigenvalue weighted by atomic mass is 16.5. The lowest BCUT2D eigenvalue weighted by molar-refractivity contribution is -0.124. The predicted octanol–water partition coefficient (Wildman–Crippen LogP) is -0.0570. The second-order valence-electron chi connectivity index (χ2n) is 8.43. The molecular weight excluding hydrogens is 401 g/mol. The number of carboxylic acids is 1. The van der Waals surface area contributed by atoms with E-state index in [1.165, 1.54) is 6.07 Å². The van der Waals surface area contributed by atoms with Gasteiger partial charge in [-0.1, -0.05) is 12.1 Å². The Labute approximate surface area is 182 Å². The molecule has 2 aliphatic rings. The van der Waals surface area contributed by atoms with E-state index in [4.69, 9.17) is 4.65 Å². The highest BCUT2D eigenvalue weighted by molar-refractivity contribution is 6.47. The molecule has 2 atom stereocenters. The van der Waals surface area contributed by atoms with Gasteiger partial charge in [0.05, 0.1) is 24.0 Å². The number of fused-ring (bicyclic) bond motifs is 1. The third-order valence-corrected chi connectivity index (χ3v) is 6.21. The van der Waals surface area contributed by atoms with Crippen LogP contribution in [0, 0.1) is 5.92 Å². The maximum absolute atomic E-state index is 12.5. The number of carbonyl (C=O) groups excluding carboxylic acids is 1. The lowest BCUT2D eigenvalue weighted by Crippen LogP contribution is -2.53. The standard InChI is InChI=1S/C21H32BN3O6/c1-23-9-10-24-15-7-5-13(6-8-15)17(26)12-19(27)25-18-11-14-3-2-4-16(21(28)29)20(14)31-22(18)30/h2-4,13,15,17-18,23-24,26,30H,5-12H2,1H3,(H,25,27)(H,28,29). The van der Waals surface area contributed by atoms with Crippen molar-refractivity contribution in [1.29, 1.82) is 0 Å². The number of aliphatic hydroxyl groups excluding tert-OH is 1. The molecular formula is C21H32BN3O6. The van der Waals surface area contributed by atoms with E-state index in [2.05, 4.69) is 16.0 Å². The number of amides is 1. The molecule has 170 valence electrons. The molecule has 9 nitrogen and oxygen atoms in total. The fraction of sp³-hybridized carbons (Fsp3) is 0.619. The van der Waals surface area contributed by atoms with E-state index in [0.717, 1.165) is 38.8 Å². The van der Waals surface area contributed by atoms with Crippen molar-refractivity contribution in [2.75, 3.05) is 20.1 Å². The Bertz CT molecular complexity index is 771. The lowest BCUT2D eigenvalue weighted by atomic mass is 9.72. The van der Waals surface area contributed by atoms with E-state index < -0.39 is 25.1 Å². The Balaban J connectivity index is 1.47. The van der Waals surface area contributed by atoms with E-state index in [1.807, 2.05) is 7.05 Å². The van der Waals surface area contributed by atoms with Crippen molar-refractivity contribution in [3.8, 4) is 5.75 Å². The highest BCUT2D eigenvalue weighted by Crippen LogP contribution is 2.31. The zero-order valence-corrected chi connectivity index (χ0v) is 17.8. The zero-order valence-electron chi connectivity index (χ0n) is 17.8. The average molecular weight is 433 g/mol. The summed E-state index contributed by atoms with van der Waals surface area (Å²) in [4.78, 5) is 23.8. The van der Waals surface area contributed by atoms with Gasteiger partial charge in [0.15, 0.2) is 0 Å². The number of aromatic carboxylic acids is 1. The molecule has 1 aromatic carbocycles. The summed E-state index contributed by atoms with van der Waals surface area (Å²) in [6.07, 6.45) is 3.18. The quantitative estimate of drug-likeness (QED) is 0.235. The first-order valence-electron chi connectivity index (χ1n) is 10.9. The minimum absolute atomic E-state index is 0.0206. The minimum Gasteiger partial charge on any atom is -0.534 e. The van der Waals surface area contributed by atoms with Crippen LogP contribution in [0.5, 0.6) is 5.75 Å². The van der Waals surface area contributed by atoms with Gasteiger partial charge >= 0.3 is 13.1 Å². The van der Waals surface area contributed by atoms with Gasteiger partial charge in [0.25, 0.3) is 0 Å². The van der Waals surface area contributed by atoms with Crippen LogP contribution >= 0.6 is 0 Å². The Morgan fingerprint density at radius 3 is 2.65 bits per heavy atom. The summed E-state index contributed by atoms with van der Waals surface area (Å²) in [5.74, 6) is -1.98. The Morgan fingerprint density at radius 2 is 1.97 bits per heavy atom. The van der Waals surface area contributed by atoms with Crippen LogP contribution in [0.15, 0.2) is 18.2 Å². The van der Waals surface area contributed by atoms with Crippen molar-refractivity contribution in [3.63, 3.8) is 0 Å². The van der Waals surface area contributed by atoms with Crippen LogP contribution in [0.1, 0.15) is 48.0 Å². The molecule has 6 N–H and O–H groups in total. The average Bonchev–Trinajstić information content (AvgIpc) is 2.74. The van der Waals surface area contributed by atoms with Gasteiger partial charge in [-0.15, -0.1) is 0 Å². The van der Waals surface area contributed by atoms with Crippen molar-refractivity contribution in [2.24, 2.45) is 5.92 Å². The zero-order chi connectivity index (χ0) is 22.4. The number of carbonyl (C=O) groups is 2. The molecule has 1 heterocycles. The number of para-hydroxylation sites is 1. The van der Waals surface area contributed by atoms with Gasteiger partial charge in [-0.25, -0.2) is 4.79 Å². The second-order valence-corrected chi connectivity index (χ2v) is 8.43. The predicted molar refractivity (Wildman–Crippen MR) is 116 cm³/mol. The van der Waals surface area contributed by atoms with Crippen LogP contribution < -0.4 is 20.6 Å². The van der Waals surface area contributed by atoms with Gasteiger partial charge in [-0.05, 0) is 56.7 Å². The fourth-order valence-corrected chi connectivity index (χ4v) is 4.45. The molecule has 3 rings (SSSR count). The second kappa shape index (κ2) is 10.9. The molecule has 1 saturated carbocycles. The number of likely N-dealkylation sites (N-methyl/N-ethyl adjacent to an activating group) is 1. The van der Waals surface area contributed by atoms with E-state index in [1.54, 1.807) is 12.1 Å². The third-order valence-electron chi connectivity index (χ3n) is 6.21. The van der Waals surface area contributed by atoms with Gasteiger partial charge in [0.1, 0.15) is 5.75 Å². The largest absolute Gasteiger partial charge is 0.547 e. The molecule has 10 heteroatoms. The molecule has 1 aliphatic heterocycles. The van der Waals surface area contributed by atoms with Crippen molar-refractivity contribution in [3.05, 3.63) is 29.3 Å². The van der Waals surface area contributed by atoms with Gasteiger partial charge < -0.3 is 35.8 Å². The van der Waals surface area contributed by atoms with Crippen LogP contribution in [0.2, 0.25) is 0 Å². The Hall–Kier alpha value is -2.14. The number of rotatable bonds is 9.